The molecule has 5 aromatic rings. The van der Waals surface area contributed by atoms with E-state index in [9.17, 15) is 0 Å². The van der Waals surface area contributed by atoms with Gasteiger partial charge in [0.1, 0.15) is 17.8 Å². The van der Waals surface area contributed by atoms with E-state index in [0.29, 0.717) is 23.1 Å². The van der Waals surface area contributed by atoms with Gasteiger partial charge >= 0.3 is 0 Å². The number of hydrogen-bond acceptors (Lipinski definition) is 6. The highest BCUT2D eigenvalue weighted by Gasteiger charge is 2.15. The predicted molar refractivity (Wildman–Crippen MR) is 129 cm³/mol. The summed E-state index contributed by atoms with van der Waals surface area (Å²) < 4.78 is 6.02. The molecule has 0 aliphatic carbocycles. The van der Waals surface area contributed by atoms with Crippen LogP contribution in [-0.4, -0.2) is 9.97 Å². The number of nitrogens with zero attached hydrogens (tertiary/aromatic N) is 3. The van der Waals surface area contributed by atoms with Crippen LogP contribution >= 0.6 is 0 Å². The molecule has 0 saturated heterocycles. The molecule has 0 unspecified atom stereocenters. The minimum Gasteiger partial charge on any atom is -0.437 e. The molecule has 156 valence electrons. The molecule has 0 aliphatic rings. The first-order valence-electron chi connectivity index (χ1n) is 10.2. The van der Waals surface area contributed by atoms with Gasteiger partial charge in [-0.15, -0.1) is 0 Å². The lowest BCUT2D eigenvalue weighted by Crippen LogP contribution is -2.25. The van der Waals surface area contributed by atoms with Crippen LogP contribution in [0.15, 0.2) is 109 Å². The molecule has 0 saturated carbocycles. The van der Waals surface area contributed by atoms with Crippen molar-refractivity contribution in [2.24, 2.45) is 0 Å². The maximum Gasteiger partial charge on any atom is 0.248 e. The first-order valence-corrected chi connectivity index (χ1v) is 10.2. The maximum absolute atomic E-state index is 6.41. The molecule has 1 aromatic heterocycles. The van der Waals surface area contributed by atoms with Crippen molar-refractivity contribution in [1.29, 1.82) is 0 Å². The summed E-state index contributed by atoms with van der Waals surface area (Å²) >= 11 is 0. The molecule has 6 nitrogen and oxygen atoms in total. The number of nitrogens with two attached hydrogens (primary N) is 1. The zero-order valence-corrected chi connectivity index (χ0v) is 17.2. The highest BCUT2D eigenvalue weighted by atomic mass is 16.5. The Bertz CT molecular complexity index is 1300. The van der Waals surface area contributed by atoms with Crippen molar-refractivity contribution in [1.82, 2.24) is 9.97 Å². The highest BCUT2D eigenvalue weighted by Crippen LogP contribution is 2.33. The van der Waals surface area contributed by atoms with Gasteiger partial charge in [0.15, 0.2) is 5.82 Å². The largest absolute Gasteiger partial charge is 0.437 e. The molecule has 0 spiro atoms. The van der Waals surface area contributed by atoms with Crippen molar-refractivity contribution in [3.05, 3.63) is 109 Å². The van der Waals surface area contributed by atoms with E-state index in [2.05, 4.69) is 21.5 Å². The first-order chi connectivity index (χ1) is 15.8. The van der Waals surface area contributed by atoms with Gasteiger partial charge in [-0.05, 0) is 47.2 Å². The lowest BCUT2D eigenvalue weighted by Gasteiger charge is -2.26. The van der Waals surface area contributed by atoms with Gasteiger partial charge in [-0.3, -0.25) is 10.4 Å². The lowest BCUT2D eigenvalue weighted by molar-refractivity contribution is 0.465. The molecule has 0 fully saturated rings. The van der Waals surface area contributed by atoms with Crippen molar-refractivity contribution in [2.45, 2.75) is 0 Å². The quantitative estimate of drug-likeness (QED) is 0.321. The highest BCUT2D eigenvalue weighted by molar-refractivity contribution is 5.84. The summed E-state index contributed by atoms with van der Waals surface area (Å²) in [6.45, 7) is 0. The fourth-order valence-corrected chi connectivity index (χ4v) is 3.43. The molecule has 0 radical (unpaired) electrons. The van der Waals surface area contributed by atoms with Gasteiger partial charge in [0, 0.05) is 0 Å². The Morgan fingerprint density at radius 1 is 0.688 bits per heavy atom. The van der Waals surface area contributed by atoms with Gasteiger partial charge in [0.25, 0.3) is 0 Å². The Hall–Kier alpha value is -4.58. The number of hydrazine groups is 1. The van der Waals surface area contributed by atoms with Crippen molar-refractivity contribution in [3.8, 4) is 11.6 Å². The molecule has 32 heavy (non-hydrogen) atoms. The zero-order valence-electron chi connectivity index (χ0n) is 17.2. The Morgan fingerprint density at radius 3 is 2.00 bits per heavy atom. The predicted octanol–water partition coefficient (Wildman–Crippen LogP) is 6.17. The van der Waals surface area contributed by atoms with E-state index in [1.165, 1.54) is 6.33 Å². The second-order valence-electron chi connectivity index (χ2n) is 7.17. The van der Waals surface area contributed by atoms with Crippen LogP contribution in [0.4, 0.5) is 22.9 Å². The monoisotopic (exact) mass is 419 g/mol. The fourth-order valence-electron chi connectivity index (χ4n) is 3.43. The van der Waals surface area contributed by atoms with Crippen LogP contribution < -0.4 is 20.9 Å². The molecule has 0 atom stereocenters. The summed E-state index contributed by atoms with van der Waals surface area (Å²) in [6.07, 6.45) is 1.43. The normalized spacial score (nSPS) is 10.6. The third kappa shape index (κ3) is 4.02. The number of aromatic nitrogens is 2. The van der Waals surface area contributed by atoms with Crippen LogP contribution in [0.25, 0.3) is 10.8 Å². The number of nitrogen functional groups attached to an aromatic ring is 1. The van der Waals surface area contributed by atoms with Crippen LogP contribution in [0.2, 0.25) is 0 Å². The molecule has 3 N–H and O–H groups in total. The molecule has 1 heterocycles. The minimum atomic E-state index is 0.291. The second kappa shape index (κ2) is 8.65. The topological polar surface area (TPSA) is 76.3 Å². The van der Waals surface area contributed by atoms with E-state index in [1.54, 1.807) is 0 Å². The number of nitrogens with one attached hydrogen (secondary N) is 1. The Morgan fingerprint density at radius 2 is 1.31 bits per heavy atom. The summed E-state index contributed by atoms with van der Waals surface area (Å²) in [5.41, 5.74) is 11.9. The number of ether oxygens (including phenoxy) is 1. The summed E-state index contributed by atoms with van der Waals surface area (Å²) in [7, 11) is 0. The Balaban J connectivity index is 1.46. The van der Waals surface area contributed by atoms with E-state index in [4.69, 9.17) is 10.5 Å². The van der Waals surface area contributed by atoms with E-state index < -0.39 is 0 Å². The number of para-hydroxylation sites is 2. The third-order valence-corrected chi connectivity index (χ3v) is 5.03. The zero-order chi connectivity index (χ0) is 21.8. The molecular formula is C26H21N5O. The van der Waals surface area contributed by atoms with Crippen molar-refractivity contribution in [3.63, 3.8) is 0 Å². The van der Waals surface area contributed by atoms with E-state index >= 15 is 0 Å². The molecule has 0 bridgehead atoms. The molecule has 0 aliphatic heterocycles. The Kier molecular flexibility index (Phi) is 5.24. The number of rotatable bonds is 6. The smallest absolute Gasteiger partial charge is 0.248 e. The van der Waals surface area contributed by atoms with Crippen molar-refractivity contribution in [2.75, 3.05) is 16.2 Å². The molecule has 6 heteroatoms. The van der Waals surface area contributed by atoms with Crippen LogP contribution in [0, 0.1) is 0 Å². The second-order valence-corrected chi connectivity index (χ2v) is 7.17. The Labute approximate surface area is 185 Å². The summed E-state index contributed by atoms with van der Waals surface area (Å²) in [4.78, 5) is 8.60. The van der Waals surface area contributed by atoms with Crippen LogP contribution in [0.3, 0.4) is 0 Å². The average Bonchev–Trinajstić information content (AvgIpc) is 2.85. The van der Waals surface area contributed by atoms with Crippen molar-refractivity contribution >= 4 is 33.7 Å². The van der Waals surface area contributed by atoms with E-state index in [-0.39, 0.29) is 0 Å². The SMILES string of the molecule is Nc1c(NN(c2ccccc2)c2ccccc2)ncnc1Oc1ccc2ccccc2c1. The summed E-state index contributed by atoms with van der Waals surface area (Å²) in [6, 6.07) is 33.8. The van der Waals surface area contributed by atoms with E-state index in [0.717, 1.165) is 22.1 Å². The standard InChI is InChI=1S/C26H21N5O/c27-24-25(30-31(21-11-3-1-4-12-21)22-13-5-2-6-14-22)28-18-29-26(24)32-23-16-15-19-9-7-8-10-20(19)17-23/h1-18H,27H2,(H,28,29,30). The van der Waals surface area contributed by atoms with Gasteiger partial charge in [0.2, 0.25) is 5.88 Å². The van der Waals surface area contributed by atoms with Gasteiger partial charge in [-0.1, -0.05) is 66.7 Å². The van der Waals surface area contributed by atoms with Crippen LogP contribution in [0.1, 0.15) is 0 Å². The van der Waals surface area contributed by atoms with E-state index in [1.807, 2.05) is 102 Å². The van der Waals surface area contributed by atoms with Crippen molar-refractivity contribution < 1.29 is 4.74 Å². The van der Waals surface area contributed by atoms with Crippen LogP contribution in [0.5, 0.6) is 11.6 Å². The minimum absolute atomic E-state index is 0.291. The number of anilines is 4. The van der Waals surface area contributed by atoms with Gasteiger partial charge in [-0.25, -0.2) is 4.98 Å². The van der Waals surface area contributed by atoms with Gasteiger partial charge in [0.05, 0.1) is 11.4 Å². The molecule has 5 rings (SSSR count). The first kappa shape index (κ1) is 19.4. The van der Waals surface area contributed by atoms with Crippen LogP contribution in [-0.2, 0) is 0 Å². The average molecular weight is 419 g/mol. The number of fused-ring (bicyclic) bond motifs is 1. The molecule has 4 aromatic carbocycles. The number of hydrogen-bond donors (Lipinski definition) is 2. The lowest BCUT2D eigenvalue weighted by atomic mass is 10.1. The molecular weight excluding hydrogens is 398 g/mol. The molecule has 0 amide bonds. The van der Waals surface area contributed by atoms with Gasteiger partial charge < -0.3 is 10.5 Å². The maximum atomic E-state index is 6.41. The van der Waals surface area contributed by atoms with Gasteiger partial charge in [-0.2, -0.15) is 4.98 Å². The summed E-state index contributed by atoms with van der Waals surface area (Å²) in [5, 5.41) is 4.13. The third-order valence-electron chi connectivity index (χ3n) is 5.03. The fraction of sp³-hybridized carbons (Fsp3) is 0. The summed E-state index contributed by atoms with van der Waals surface area (Å²) in [5.74, 6) is 1.39. The number of benzene rings is 4.